The molecule has 20 heavy (non-hydrogen) atoms. The molecule has 0 atom stereocenters. The summed E-state index contributed by atoms with van der Waals surface area (Å²) in [5, 5.41) is 3.44. The van der Waals surface area contributed by atoms with Gasteiger partial charge in [-0.1, -0.05) is 17.7 Å². The Morgan fingerprint density at radius 2 is 1.95 bits per heavy atom. The first kappa shape index (κ1) is 13.0. The number of benzene rings is 2. The lowest BCUT2D eigenvalue weighted by Crippen LogP contribution is -2.11. The Hall–Kier alpha value is -1.98. The Labute approximate surface area is 124 Å². The van der Waals surface area contributed by atoms with E-state index in [-0.39, 0.29) is 5.91 Å². The Balaban J connectivity index is 1.86. The van der Waals surface area contributed by atoms with Crippen LogP contribution in [0.25, 0.3) is 11.0 Å². The highest BCUT2D eigenvalue weighted by atomic mass is 35.5. The summed E-state index contributed by atoms with van der Waals surface area (Å²) in [4.78, 5) is 12.2. The van der Waals surface area contributed by atoms with E-state index < -0.39 is 0 Å². The van der Waals surface area contributed by atoms with E-state index in [4.69, 9.17) is 11.6 Å². The van der Waals surface area contributed by atoms with E-state index in [0.717, 1.165) is 28.3 Å². The van der Waals surface area contributed by atoms with Crippen molar-refractivity contribution < 1.29 is 4.79 Å². The number of fused-ring (bicyclic) bond motifs is 1. The number of hydrogen-bond donors (Lipinski definition) is 1. The summed E-state index contributed by atoms with van der Waals surface area (Å²) >= 11 is 7.17. The van der Waals surface area contributed by atoms with Crippen LogP contribution in [0.5, 0.6) is 0 Å². The van der Waals surface area contributed by atoms with Crippen LogP contribution in [0.15, 0.2) is 36.4 Å². The summed E-state index contributed by atoms with van der Waals surface area (Å²) in [6.45, 7) is 1.91. The first-order valence-corrected chi connectivity index (χ1v) is 7.04. The van der Waals surface area contributed by atoms with Gasteiger partial charge in [0.2, 0.25) is 0 Å². The molecule has 1 N–H and O–H groups in total. The third kappa shape index (κ3) is 2.50. The zero-order chi connectivity index (χ0) is 14.1. The van der Waals surface area contributed by atoms with Crippen molar-refractivity contribution in [2.75, 3.05) is 5.32 Å². The summed E-state index contributed by atoms with van der Waals surface area (Å²) in [6.07, 6.45) is 0. The molecule has 0 radical (unpaired) electrons. The molecule has 1 aromatic heterocycles. The molecule has 0 spiro atoms. The molecule has 100 valence electrons. The normalized spacial score (nSPS) is 10.7. The van der Waals surface area contributed by atoms with Crippen molar-refractivity contribution in [3.05, 3.63) is 52.5 Å². The van der Waals surface area contributed by atoms with Crippen LogP contribution in [0.4, 0.5) is 5.69 Å². The van der Waals surface area contributed by atoms with E-state index in [1.54, 1.807) is 24.3 Å². The number of rotatable bonds is 2. The second-order valence-corrected chi connectivity index (χ2v) is 5.32. The fourth-order valence-electron chi connectivity index (χ4n) is 1.80. The van der Waals surface area contributed by atoms with Crippen LogP contribution in [0.2, 0.25) is 5.02 Å². The largest absolute Gasteiger partial charge is 0.322 e. The predicted octanol–water partition coefficient (Wildman–Crippen LogP) is 3.91. The van der Waals surface area contributed by atoms with E-state index in [0.29, 0.717) is 16.3 Å². The number of aryl methyl sites for hydroxylation is 1. The van der Waals surface area contributed by atoms with Gasteiger partial charge in [0.15, 0.2) is 0 Å². The predicted molar refractivity (Wildman–Crippen MR) is 81.6 cm³/mol. The van der Waals surface area contributed by atoms with E-state index in [2.05, 4.69) is 14.1 Å². The van der Waals surface area contributed by atoms with E-state index in [1.165, 1.54) is 0 Å². The number of hydrogen-bond acceptors (Lipinski definition) is 4. The summed E-state index contributed by atoms with van der Waals surface area (Å²) in [7, 11) is 0. The molecule has 0 bridgehead atoms. The van der Waals surface area contributed by atoms with Gasteiger partial charge in [-0.2, -0.15) is 8.75 Å². The van der Waals surface area contributed by atoms with Crippen LogP contribution in [0.1, 0.15) is 15.9 Å². The Morgan fingerprint density at radius 1 is 1.15 bits per heavy atom. The average Bonchev–Trinajstić information content (AvgIpc) is 2.90. The van der Waals surface area contributed by atoms with Crippen LogP contribution in [-0.4, -0.2) is 14.7 Å². The van der Waals surface area contributed by atoms with E-state index in [9.17, 15) is 4.79 Å². The third-order valence-electron chi connectivity index (χ3n) is 2.95. The number of carbonyl (C=O) groups is 1. The van der Waals surface area contributed by atoms with Gasteiger partial charge in [0.25, 0.3) is 5.91 Å². The second kappa shape index (κ2) is 5.19. The maximum absolute atomic E-state index is 12.2. The molecule has 4 nitrogen and oxygen atoms in total. The van der Waals surface area contributed by atoms with Crippen LogP contribution >= 0.6 is 23.3 Å². The molecule has 3 rings (SSSR count). The van der Waals surface area contributed by atoms with Gasteiger partial charge in [-0.3, -0.25) is 4.79 Å². The molecule has 2 aromatic carbocycles. The number of nitrogens with zero attached hydrogens (tertiary/aromatic N) is 2. The molecule has 1 heterocycles. The maximum atomic E-state index is 12.2. The third-order valence-corrected chi connectivity index (χ3v) is 3.91. The molecule has 3 aromatic rings. The lowest BCUT2D eigenvalue weighted by molar-refractivity contribution is 0.102. The molecule has 0 aliphatic rings. The van der Waals surface area contributed by atoms with Gasteiger partial charge in [-0.05, 0) is 42.8 Å². The lowest BCUT2D eigenvalue weighted by atomic mass is 10.1. The highest BCUT2D eigenvalue weighted by molar-refractivity contribution is 7.00. The quantitative estimate of drug-likeness (QED) is 0.781. The average molecular weight is 304 g/mol. The summed E-state index contributed by atoms with van der Waals surface area (Å²) in [5.74, 6) is -0.195. The zero-order valence-corrected chi connectivity index (χ0v) is 12.1. The zero-order valence-electron chi connectivity index (χ0n) is 10.6. The van der Waals surface area contributed by atoms with E-state index in [1.807, 2.05) is 19.1 Å². The van der Waals surface area contributed by atoms with Crippen molar-refractivity contribution in [1.29, 1.82) is 0 Å². The molecule has 0 saturated carbocycles. The van der Waals surface area contributed by atoms with Gasteiger partial charge in [0.05, 0.1) is 11.7 Å². The molecular formula is C14H10ClN3OS. The van der Waals surface area contributed by atoms with E-state index >= 15 is 0 Å². The Kier molecular flexibility index (Phi) is 3.38. The van der Waals surface area contributed by atoms with Gasteiger partial charge in [-0.15, -0.1) is 0 Å². The summed E-state index contributed by atoms with van der Waals surface area (Å²) < 4.78 is 8.23. The highest BCUT2D eigenvalue weighted by Crippen LogP contribution is 2.21. The van der Waals surface area contributed by atoms with Crippen molar-refractivity contribution in [2.45, 2.75) is 6.92 Å². The lowest BCUT2D eigenvalue weighted by Gasteiger charge is -2.06. The van der Waals surface area contributed by atoms with Gasteiger partial charge >= 0.3 is 0 Å². The van der Waals surface area contributed by atoms with Gasteiger partial charge < -0.3 is 5.32 Å². The van der Waals surface area contributed by atoms with Crippen LogP contribution < -0.4 is 5.32 Å². The van der Waals surface area contributed by atoms with Crippen LogP contribution in [0.3, 0.4) is 0 Å². The number of nitrogens with one attached hydrogen (secondary N) is 1. The summed E-state index contributed by atoms with van der Waals surface area (Å²) in [6, 6.07) is 10.7. The number of amides is 1. The molecular weight excluding hydrogens is 294 g/mol. The minimum absolute atomic E-state index is 0.195. The first-order chi connectivity index (χ1) is 9.63. The molecule has 0 aliphatic heterocycles. The molecule has 1 amide bonds. The highest BCUT2D eigenvalue weighted by Gasteiger charge is 2.09. The fraction of sp³-hybridized carbons (Fsp3) is 0.0714. The van der Waals surface area contributed by atoms with Crippen LogP contribution in [0, 0.1) is 6.92 Å². The van der Waals surface area contributed by atoms with Crippen LogP contribution in [-0.2, 0) is 0 Å². The maximum Gasteiger partial charge on any atom is 0.255 e. The second-order valence-electron chi connectivity index (χ2n) is 4.39. The topological polar surface area (TPSA) is 54.9 Å². The fourth-order valence-corrected chi connectivity index (χ4v) is 2.50. The first-order valence-electron chi connectivity index (χ1n) is 5.93. The smallest absolute Gasteiger partial charge is 0.255 e. The summed E-state index contributed by atoms with van der Waals surface area (Å²) in [5.41, 5.74) is 3.71. The van der Waals surface area contributed by atoms with Gasteiger partial charge in [0.1, 0.15) is 11.0 Å². The number of carbonyl (C=O) groups excluding carboxylic acids is 1. The Bertz CT molecular complexity index is 800. The monoisotopic (exact) mass is 303 g/mol. The standard InChI is InChI=1S/C14H10ClN3OS/c1-8-2-4-10(7-11(8)15)16-14(19)9-3-5-12-13(6-9)18-20-17-12/h2-7H,1H3,(H,16,19). The van der Waals surface area contributed by atoms with Gasteiger partial charge in [0, 0.05) is 16.3 Å². The minimum atomic E-state index is -0.195. The number of aromatic nitrogens is 2. The van der Waals surface area contributed by atoms with Gasteiger partial charge in [-0.25, -0.2) is 0 Å². The van der Waals surface area contributed by atoms with Crippen molar-refractivity contribution in [2.24, 2.45) is 0 Å². The van der Waals surface area contributed by atoms with Crippen molar-refractivity contribution >= 4 is 46.0 Å². The van der Waals surface area contributed by atoms with Crippen molar-refractivity contribution in [3.63, 3.8) is 0 Å². The van der Waals surface area contributed by atoms with Crippen molar-refractivity contribution in [1.82, 2.24) is 8.75 Å². The van der Waals surface area contributed by atoms with Crippen molar-refractivity contribution in [3.8, 4) is 0 Å². The molecule has 0 fully saturated rings. The molecule has 0 aliphatic carbocycles. The SMILES string of the molecule is Cc1ccc(NC(=O)c2ccc3nsnc3c2)cc1Cl. The molecule has 6 heteroatoms. The number of halogens is 1. The molecule has 0 saturated heterocycles. The Morgan fingerprint density at radius 3 is 2.75 bits per heavy atom. The molecule has 0 unspecified atom stereocenters. The minimum Gasteiger partial charge on any atom is -0.322 e. The number of anilines is 1.